The summed E-state index contributed by atoms with van der Waals surface area (Å²) in [5, 5.41) is 11.8. The molecule has 10 heteroatoms. The fourth-order valence-corrected chi connectivity index (χ4v) is 2.66. The van der Waals surface area contributed by atoms with Crippen LogP contribution in [-0.2, 0) is 17.1 Å². The van der Waals surface area contributed by atoms with Gasteiger partial charge in [-0.15, -0.1) is 0 Å². The molecule has 3 nitrogen and oxygen atoms in total. The maximum atomic E-state index is 12.8. The summed E-state index contributed by atoms with van der Waals surface area (Å²) >= 11 is 1.65. The standard InChI is InChI=1S/C15H10F6INO2/c16-14(17,18)9-4-10(15(19,20)21)6-11(5-9)23-12(24)8-2-1-3-13(22,25)7-8/h1-2,4-7,25H,3H2,(H,23,24). The van der Waals surface area contributed by atoms with Crippen molar-refractivity contribution in [2.45, 2.75) is 22.4 Å². The fourth-order valence-electron chi connectivity index (χ4n) is 2.07. The van der Waals surface area contributed by atoms with E-state index in [1.54, 1.807) is 22.6 Å². The number of halogens is 7. The van der Waals surface area contributed by atoms with Gasteiger partial charge in [-0.1, -0.05) is 12.2 Å². The second-order valence-electron chi connectivity index (χ2n) is 5.27. The summed E-state index contributed by atoms with van der Waals surface area (Å²) in [6.07, 6.45) is -5.84. The highest BCUT2D eigenvalue weighted by Gasteiger charge is 2.37. The Hall–Kier alpha value is -1.56. The largest absolute Gasteiger partial charge is 0.416 e. The number of alkyl halides is 7. The molecule has 1 unspecified atom stereocenters. The maximum absolute atomic E-state index is 12.8. The highest BCUT2D eigenvalue weighted by atomic mass is 127. The molecule has 2 N–H and O–H groups in total. The zero-order valence-electron chi connectivity index (χ0n) is 12.2. The predicted octanol–water partition coefficient (Wildman–Crippen LogP) is 4.67. The van der Waals surface area contributed by atoms with Crippen LogP contribution in [0.5, 0.6) is 0 Å². The monoisotopic (exact) mass is 477 g/mol. The SMILES string of the molecule is O=C(Nc1cc(C(F)(F)F)cc(C(F)(F)F)c1)C1=CC(O)(I)CC=C1. The van der Waals surface area contributed by atoms with Gasteiger partial charge in [0.1, 0.15) is 3.61 Å². The normalized spacial score (nSPS) is 21.0. The van der Waals surface area contributed by atoms with E-state index in [4.69, 9.17) is 0 Å². The minimum atomic E-state index is -5.01. The number of hydrogen-bond acceptors (Lipinski definition) is 2. The fraction of sp³-hybridized carbons (Fsp3) is 0.267. The van der Waals surface area contributed by atoms with Crippen LogP contribution in [0.1, 0.15) is 17.5 Å². The Labute approximate surface area is 151 Å². The van der Waals surface area contributed by atoms with Gasteiger partial charge in [0.05, 0.1) is 11.1 Å². The highest BCUT2D eigenvalue weighted by Crippen LogP contribution is 2.37. The molecule has 1 aliphatic carbocycles. The van der Waals surface area contributed by atoms with Crippen LogP contribution < -0.4 is 5.32 Å². The number of amides is 1. The predicted molar refractivity (Wildman–Crippen MR) is 85.9 cm³/mol. The van der Waals surface area contributed by atoms with Crippen molar-refractivity contribution in [3.63, 3.8) is 0 Å². The molecule has 0 aliphatic heterocycles. The minimum Gasteiger partial charge on any atom is -0.376 e. The van der Waals surface area contributed by atoms with Crippen LogP contribution in [0, 0.1) is 0 Å². The van der Waals surface area contributed by atoms with Crippen LogP contribution in [-0.4, -0.2) is 14.6 Å². The summed E-state index contributed by atoms with van der Waals surface area (Å²) in [4.78, 5) is 12.1. The van der Waals surface area contributed by atoms with Gasteiger partial charge in [0.15, 0.2) is 0 Å². The number of hydrogen-bond donors (Lipinski definition) is 2. The molecule has 1 aromatic rings. The van der Waals surface area contributed by atoms with Crippen LogP contribution in [0.3, 0.4) is 0 Å². The maximum Gasteiger partial charge on any atom is 0.416 e. The van der Waals surface area contributed by atoms with E-state index < -0.39 is 38.7 Å². The summed E-state index contributed by atoms with van der Waals surface area (Å²) < 4.78 is 75.4. The summed E-state index contributed by atoms with van der Waals surface area (Å²) in [7, 11) is 0. The zero-order valence-corrected chi connectivity index (χ0v) is 14.3. The number of nitrogens with one attached hydrogen (secondary N) is 1. The van der Waals surface area contributed by atoms with Gasteiger partial charge in [0, 0.05) is 17.7 Å². The van der Waals surface area contributed by atoms with E-state index >= 15 is 0 Å². The Morgan fingerprint density at radius 1 is 1.08 bits per heavy atom. The first kappa shape index (κ1) is 19.8. The Kier molecular flexibility index (Phi) is 5.24. The number of benzene rings is 1. The lowest BCUT2D eigenvalue weighted by Crippen LogP contribution is -2.23. The van der Waals surface area contributed by atoms with Gasteiger partial charge in [-0.05, 0) is 46.9 Å². The van der Waals surface area contributed by atoms with Gasteiger partial charge in [0.25, 0.3) is 5.91 Å². The van der Waals surface area contributed by atoms with Crippen LogP contribution in [0.4, 0.5) is 32.0 Å². The molecule has 136 valence electrons. The van der Waals surface area contributed by atoms with Gasteiger partial charge in [0.2, 0.25) is 0 Å². The van der Waals surface area contributed by atoms with Crippen LogP contribution in [0.2, 0.25) is 0 Å². The van der Waals surface area contributed by atoms with E-state index in [-0.39, 0.29) is 18.1 Å². The van der Waals surface area contributed by atoms with Crippen molar-refractivity contribution >= 4 is 34.2 Å². The number of carbonyl (C=O) groups is 1. The highest BCUT2D eigenvalue weighted by molar-refractivity contribution is 14.1. The van der Waals surface area contributed by atoms with Crippen molar-refractivity contribution in [2.24, 2.45) is 0 Å². The first-order valence-electron chi connectivity index (χ1n) is 6.69. The molecule has 0 fully saturated rings. The Morgan fingerprint density at radius 3 is 2.04 bits per heavy atom. The molecule has 0 radical (unpaired) electrons. The molecule has 1 aliphatic rings. The lowest BCUT2D eigenvalue weighted by Gasteiger charge is -2.20. The first-order valence-corrected chi connectivity index (χ1v) is 7.77. The molecule has 1 amide bonds. The Balaban J connectivity index is 2.37. The van der Waals surface area contributed by atoms with Crippen molar-refractivity contribution in [3.8, 4) is 0 Å². The molecule has 0 saturated heterocycles. The molecule has 0 heterocycles. The van der Waals surface area contributed by atoms with Crippen LogP contribution >= 0.6 is 22.6 Å². The lowest BCUT2D eigenvalue weighted by atomic mass is 10.0. The van der Waals surface area contributed by atoms with Gasteiger partial charge in [-0.2, -0.15) is 26.3 Å². The van der Waals surface area contributed by atoms with E-state index in [1.165, 1.54) is 18.2 Å². The third-order valence-corrected chi connectivity index (χ3v) is 3.94. The molecule has 0 saturated carbocycles. The average Bonchev–Trinajstić information content (AvgIpc) is 2.44. The molecule has 1 atom stereocenters. The zero-order chi connectivity index (χ0) is 19.0. The second kappa shape index (κ2) is 6.63. The number of anilines is 1. The molecule has 0 bridgehead atoms. The average molecular weight is 477 g/mol. The molecule has 0 spiro atoms. The van der Waals surface area contributed by atoms with Crippen molar-refractivity contribution in [2.75, 3.05) is 5.32 Å². The number of rotatable bonds is 2. The topological polar surface area (TPSA) is 49.3 Å². The lowest BCUT2D eigenvalue weighted by molar-refractivity contribution is -0.143. The summed E-state index contributed by atoms with van der Waals surface area (Å²) in [5.41, 5.74) is -3.79. The third-order valence-electron chi connectivity index (χ3n) is 3.19. The number of carbonyl (C=O) groups excluding carboxylic acids is 1. The Morgan fingerprint density at radius 2 is 1.60 bits per heavy atom. The molecular weight excluding hydrogens is 467 g/mol. The molecule has 1 aromatic carbocycles. The van der Waals surface area contributed by atoms with E-state index in [9.17, 15) is 36.2 Å². The van der Waals surface area contributed by atoms with Gasteiger partial charge >= 0.3 is 12.4 Å². The van der Waals surface area contributed by atoms with Crippen molar-refractivity contribution in [3.05, 3.63) is 53.1 Å². The summed E-state index contributed by atoms with van der Waals surface area (Å²) in [6.45, 7) is 0. The summed E-state index contributed by atoms with van der Waals surface area (Å²) in [6, 6.07) is 0.798. The van der Waals surface area contributed by atoms with Crippen molar-refractivity contribution in [1.29, 1.82) is 0 Å². The second-order valence-corrected chi connectivity index (χ2v) is 7.14. The van der Waals surface area contributed by atoms with Gasteiger partial charge < -0.3 is 10.4 Å². The smallest absolute Gasteiger partial charge is 0.376 e. The first-order chi connectivity index (χ1) is 11.3. The van der Waals surface area contributed by atoms with Crippen molar-refractivity contribution in [1.82, 2.24) is 0 Å². The van der Waals surface area contributed by atoms with E-state index in [1.807, 2.05) is 5.32 Å². The van der Waals surface area contributed by atoms with Crippen LogP contribution in [0.15, 0.2) is 42.0 Å². The number of aliphatic hydroxyl groups is 1. The summed E-state index contributed by atoms with van der Waals surface area (Å²) in [5.74, 6) is -0.932. The third kappa shape index (κ3) is 5.21. The van der Waals surface area contributed by atoms with E-state index in [2.05, 4.69) is 0 Å². The molecular formula is C15H10F6INO2. The quantitative estimate of drug-likeness (QED) is 0.370. The van der Waals surface area contributed by atoms with Gasteiger partial charge in [-0.25, -0.2) is 0 Å². The van der Waals surface area contributed by atoms with E-state index in [0.29, 0.717) is 12.1 Å². The van der Waals surface area contributed by atoms with Crippen molar-refractivity contribution < 1.29 is 36.2 Å². The van der Waals surface area contributed by atoms with Gasteiger partial charge in [-0.3, -0.25) is 4.79 Å². The Bertz CT molecular complexity index is 717. The molecule has 0 aromatic heterocycles. The van der Waals surface area contributed by atoms with Crippen LogP contribution in [0.25, 0.3) is 0 Å². The van der Waals surface area contributed by atoms with E-state index in [0.717, 1.165) is 0 Å². The molecule has 25 heavy (non-hydrogen) atoms. The minimum absolute atomic E-state index is 0.0288. The molecule has 2 rings (SSSR count).